The molecule has 0 saturated heterocycles. The Morgan fingerprint density at radius 3 is 2.67 bits per heavy atom. The Morgan fingerprint density at radius 1 is 1.38 bits per heavy atom. The van der Waals surface area contributed by atoms with Crippen LogP contribution in [-0.4, -0.2) is 29.9 Å². The maximum Gasteiger partial charge on any atom is 0.167 e. The Kier molecular flexibility index (Phi) is 3.80. The number of hydrogen-bond donors (Lipinski definition) is 0. The van der Waals surface area contributed by atoms with E-state index in [2.05, 4.69) is 9.55 Å². The van der Waals surface area contributed by atoms with Crippen molar-refractivity contribution in [1.29, 1.82) is 0 Å². The highest BCUT2D eigenvalue weighted by Crippen LogP contribution is 2.40. The van der Waals surface area contributed by atoms with E-state index in [0.29, 0.717) is 5.52 Å². The van der Waals surface area contributed by atoms with E-state index in [4.69, 9.17) is 21.1 Å². The van der Waals surface area contributed by atoms with E-state index in [9.17, 15) is 4.39 Å². The Hall–Kier alpha value is -1.33. The molecule has 0 N–H and O–H groups in total. The van der Waals surface area contributed by atoms with Gasteiger partial charge in [0.1, 0.15) is 5.82 Å². The first-order valence-corrected chi connectivity index (χ1v) is 7.41. The molecule has 1 aliphatic rings. The topological polar surface area (TPSA) is 36.3 Å². The number of methoxy groups -OCH3 is 2. The molecule has 114 valence electrons. The van der Waals surface area contributed by atoms with E-state index in [1.807, 2.05) is 6.92 Å². The highest BCUT2D eigenvalue weighted by atomic mass is 35.5. The van der Waals surface area contributed by atoms with Crippen LogP contribution in [0.1, 0.15) is 37.0 Å². The normalized spacial score (nSPS) is 23.1. The summed E-state index contributed by atoms with van der Waals surface area (Å²) in [6, 6.07) is 3.38. The second kappa shape index (κ2) is 5.46. The van der Waals surface area contributed by atoms with Crippen molar-refractivity contribution in [3.63, 3.8) is 0 Å². The Labute approximate surface area is 127 Å². The number of rotatable bonds is 4. The smallest absolute Gasteiger partial charge is 0.167 e. The molecule has 1 atom stereocenters. The van der Waals surface area contributed by atoms with Crippen LogP contribution in [0.5, 0.6) is 5.75 Å². The first kappa shape index (κ1) is 14.6. The molecule has 1 fully saturated rings. The standard InChI is InChI=1S/C15H18ClFN2O2/c1-8(16)15-18-12-6-11(17)14(21-3)7-13(12)19(15)9-4-10(5-9)20-2/h6-10H,4-5H2,1-3H3. The fourth-order valence-corrected chi connectivity index (χ4v) is 3.03. The van der Waals surface area contributed by atoms with Crippen molar-refractivity contribution < 1.29 is 13.9 Å². The van der Waals surface area contributed by atoms with Gasteiger partial charge in [0.2, 0.25) is 0 Å². The fraction of sp³-hybridized carbons (Fsp3) is 0.533. The summed E-state index contributed by atoms with van der Waals surface area (Å²) in [6.07, 6.45) is 2.10. The molecular formula is C15H18ClFN2O2. The minimum absolute atomic E-state index is 0.222. The number of benzene rings is 1. The third-order valence-corrected chi connectivity index (χ3v) is 4.31. The summed E-state index contributed by atoms with van der Waals surface area (Å²) >= 11 is 6.25. The summed E-state index contributed by atoms with van der Waals surface area (Å²) in [7, 11) is 3.18. The van der Waals surface area contributed by atoms with E-state index in [-0.39, 0.29) is 23.3 Å². The Morgan fingerprint density at radius 2 is 2.10 bits per heavy atom. The van der Waals surface area contributed by atoms with Crippen molar-refractivity contribution in [2.75, 3.05) is 14.2 Å². The molecule has 0 amide bonds. The summed E-state index contributed by atoms with van der Waals surface area (Å²) in [4.78, 5) is 4.50. The van der Waals surface area contributed by atoms with Crippen LogP contribution in [0.15, 0.2) is 12.1 Å². The second-order valence-electron chi connectivity index (χ2n) is 5.41. The van der Waals surface area contributed by atoms with Gasteiger partial charge in [0.25, 0.3) is 0 Å². The van der Waals surface area contributed by atoms with Crippen LogP contribution in [0.2, 0.25) is 0 Å². The molecule has 0 aliphatic heterocycles. The summed E-state index contributed by atoms with van der Waals surface area (Å²) in [5, 5.41) is -0.243. The number of aromatic nitrogens is 2. The van der Waals surface area contributed by atoms with Gasteiger partial charge in [0.05, 0.1) is 29.6 Å². The van der Waals surface area contributed by atoms with Gasteiger partial charge in [0, 0.05) is 25.3 Å². The molecular weight excluding hydrogens is 295 g/mol. The molecule has 1 unspecified atom stereocenters. The lowest BCUT2D eigenvalue weighted by atomic mass is 9.88. The number of alkyl halides is 1. The van der Waals surface area contributed by atoms with Gasteiger partial charge in [-0.25, -0.2) is 9.37 Å². The zero-order valence-corrected chi connectivity index (χ0v) is 13.0. The molecule has 0 spiro atoms. The number of imidazole rings is 1. The summed E-state index contributed by atoms with van der Waals surface area (Å²) in [6.45, 7) is 1.87. The van der Waals surface area contributed by atoms with E-state index < -0.39 is 5.82 Å². The van der Waals surface area contributed by atoms with Gasteiger partial charge in [0.15, 0.2) is 11.6 Å². The van der Waals surface area contributed by atoms with Crippen LogP contribution in [0, 0.1) is 5.82 Å². The minimum Gasteiger partial charge on any atom is -0.494 e. The van der Waals surface area contributed by atoms with Gasteiger partial charge in [-0.05, 0) is 19.8 Å². The van der Waals surface area contributed by atoms with Crippen LogP contribution >= 0.6 is 11.6 Å². The molecule has 3 rings (SSSR count). The molecule has 1 aromatic carbocycles. The van der Waals surface area contributed by atoms with Crippen molar-refractivity contribution in [3.05, 3.63) is 23.8 Å². The predicted octanol–water partition coefficient (Wildman–Crippen LogP) is 3.83. The first-order chi connectivity index (χ1) is 10.0. The predicted molar refractivity (Wildman–Crippen MR) is 79.6 cm³/mol. The van der Waals surface area contributed by atoms with Gasteiger partial charge in [-0.3, -0.25) is 0 Å². The van der Waals surface area contributed by atoms with Gasteiger partial charge in [-0.15, -0.1) is 11.6 Å². The minimum atomic E-state index is -0.410. The zero-order valence-electron chi connectivity index (χ0n) is 12.3. The monoisotopic (exact) mass is 312 g/mol. The molecule has 4 nitrogen and oxygen atoms in total. The molecule has 2 aromatic rings. The van der Waals surface area contributed by atoms with Crippen LogP contribution in [-0.2, 0) is 4.74 Å². The van der Waals surface area contributed by atoms with Gasteiger partial charge in [-0.1, -0.05) is 0 Å². The highest BCUT2D eigenvalue weighted by molar-refractivity contribution is 6.20. The van der Waals surface area contributed by atoms with Crippen LogP contribution < -0.4 is 4.74 Å². The Balaban J connectivity index is 2.12. The molecule has 21 heavy (non-hydrogen) atoms. The molecule has 1 saturated carbocycles. The number of ether oxygens (including phenoxy) is 2. The van der Waals surface area contributed by atoms with E-state index in [1.165, 1.54) is 13.2 Å². The molecule has 6 heteroatoms. The van der Waals surface area contributed by atoms with E-state index >= 15 is 0 Å². The van der Waals surface area contributed by atoms with Crippen LogP contribution in [0.3, 0.4) is 0 Å². The van der Waals surface area contributed by atoms with Crippen molar-refractivity contribution in [2.45, 2.75) is 37.3 Å². The molecule has 1 aromatic heterocycles. The average molecular weight is 313 g/mol. The maximum atomic E-state index is 13.8. The SMILES string of the molecule is COc1cc2c(cc1F)nc(C(C)Cl)n2C1CC(OC)C1. The quantitative estimate of drug-likeness (QED) is 0.805. The average Bonchev–Trinajstić information content (AvgIpc) is 2.75. The van der Waals surface area contributed by atoms with Crippen LogP contribution in [0.4, 0.5) is 4.39 Å². The molecule has 1 heterocycles. The number of fused-ring (bicyclic) bond motifs is 1. The van der Waals surface area contributed by atoms with Crippen molar-refractivity contribution in [1.82, 2.24) is 9.55 Å². The third-order valence-electron chi connectivity index (χ3n) is 4.11. The lowest BCUT2D eigenvalue weighted by Gasteiger charge is -2.36. The third kappa shape index (κ3) is 2.38. The maximum absolute atomic E-state index is 13.8. The Bertz CT molecular complexity index is 665. The molecule has 0 bridgehead atoms. The summed E-state index contributed by atoms with van der Waals surface area (Å²) in [5.74, 6) is 0.575. The van der Waals surface area contributed by atoms with Gasteiger partial charge >= 0.3 is 0 Å². The highest BCUT2D eigenvalue weighted by Gasteiger charge is 2.34. The van der Waals surface area contributed by atoms with Crippen molar-refractivity contribution in [3.8, 4) is 5.75 Å². The number of nitrogens with zero attached hydrogens (tertiary/aromatic N) is 2. The summed E-state index contributed by atoms with van der Waals surface area (Å²) < 4.78 is 26.4. The van der Waals surface area contributed by atoms with Gasteiger partial charge in [-0.2, -0.15) is 0 Å². The summed E-state index contributed by atoms with van der Waals surface area (Å²) in [5.41, 5.74) is 1.46. The van der Waals surface area contributed by atoms with E-state index in [1.54, 1.807) is 13.2 Å². The lowest BCUT2D eigenvalue weighted by Crippen LogP contribution is -2.33. The second-order valence-corrected chi connectivity index (χ2v) is 6.07. The molecule has 1 aliphatic carbocycles. The van der Waals surface area contributed by atoms with E-state index in [0.717, 1.165) is 24.2 Å². The van der Waals surface area contributed by atoms with Gasteiger partial charge < -0.3 is 14.0 Å². The van der Waals surface area contributed by atoms with Crippen molar-refractivity contribution >= 4 is 22.6 Å². The van der Waals surface area contributed by atoms with Crippen molar-refractivity contribution in [2.24, 2.45) is 0 Å². The largest absolute Gasteiger partial charge is 0.494 e. The first-order valence-electron chi connectivity index (χ1n) is 6.97. The zero-order chi connectivity index (χ0) is 15.1. The fourth-order valence-electron chi connectivity index (χ4n) is 2.88. The molecule has 0 radical (unpaired) electrons. The number of hydrogen-bond acceptors (Lipinski definition) is 3. The van der Waals surface area contributed by atoms with Crippen LogP contribution in [0.25, 0.3) is 11.0 Å². The lowest BCUT2D eigenvalue weighted by molar-refractivity contribution is 0.00657. The number of halogens is 2.